The van der Waals surface area contributed by atoms with E-state index in [4.69, 9.17) is 15.2 Å². The van der Waals surface area contributed by atoms with Crippen molar-refractivity contribution in [1.29, 1.82) is 0 Å². The van der Waals surface area contributed by atoms with Crippen LogP contribution in [-0.4, -0.2) is 25.9 Å². The highest BCUT2D eigenvalue weighted by Crippen LogP contribution is 2.23. The Morgan fingerprint density at radius 2 is 1.78 bits per heavy atom. The van der Waals surface area contributed by atoms with E-state index in [1.54, 1.807) is 0 Å². The van der Waals surface area contributed by atoms with Crippen molar-refractivity contribution in [1.82, 2.24) is 0 Å². The van der Waals surface area contributed by atoms with Crippen molar-refractivity contribution in [2.75, 3.05) is 19.8 Å². The van der Waals surface area contributed by atoms with Gasteiger partial charge in [-0.15, -0.1) is 0 Å². The molecule has 0 saturated heterocycles. The van der Waals surface area contributed by atoms with Crippen LogP contribution >= 0.6 is 0 Å². The van der Waals surface area contributed by atoms with Crippen LogP contribution in [0.5, 0.6) is 5.75 Å². The summed E-state index contributed by atoms with van der Waals surface area (Å²) in [6.45, 7) is 4.51. The van der Waals surface area contributed by atoms with E-state index in [0.29, 0.717) is 25.1 Å². The average Bonchev–Trinajstić information content (AvgIpc) is 2.27. The minimum absolute atomic E-state index is 0.0650. The van der Waals surface area contributed by atoms with Crippen LogP contribution < -0.4 is 10.5 Å². The van der Waals surface area contributed by atoms with Crippen LogP contribution in [0.25, 0.3) is 0 Å². The lowest BCUT2D eigenvalue weighted by Gasteiger charge is -2.11. The molecule has 3 nitrogen and oxygen atoms in total. The molecule has 0 aliphatic rings. The molecule has 0 unspecified atom stereocenters. The fraction of sp³-hybridized carbons (Fsp3) is 0.538. The summed E-state index contributed by atoms with van der Waals surface area (Å²) in [6, 6.07) is 2.49. The molecular formula is C13H19F2NO2. The van der Waals surface area contributed by atoms with Crippen LogP contribution in [0.1, 0.15) is 19.4 Å². The number of hydrogen-bond acceptors (Lipinski definition) is 3. The fourth-order valence-electron chi connectivity index (χ4n) is 1.49. The lowest BCUT2D eigenvalue weighted by molar-refractivity contribution is 0.0535. The summed E-state index contributed by atoms with van der Waals surface area (Å²) in [5, 5.41) is 0. The van der Waals surface area contributed by atoms with E-state index in [9.17, 15) is 8.78 Å². The Morgan fingerprint density at radius 1 is 1.17 bits per heavy atom. The molecule has 5 heteroatoms. The highest BCUT2D eigenvalue weighted by atomic mass is 19.1. The Morgan fingerprint density at radius 3 is 2.28 bits per heavy atom. The normalized spacial score (nSPS) is 11.0. The van der Waals surface area contributed by atoms with Gasteiger partial charge in [-0.05, 0) is 44.5 Å². The first-order valence-electron chi connectivity index (χ1n) is 5.97. The van der Waals surface area contributed by atoms with Gasteiger partial charge in [0.1, 0.15) is 6.61 Å². The maximum Gasteiger partial charge on any atom is 0.190 e. The van der Waals surface area contributed by atoms with Crippen LogP contribution in [0, 0.1) is 11.6 Å². The first-order chi connectivity index (χ1) is 8.54. The molecule has 0 bridgehead atoms. The van der Waals surface area contributed by atoms with Crippen molar-refractivity contribution >= 4 is 0 Å². The first kappa shape index (κ1) is 14.9. The average molecular weight is 259 g/mol. The molecule has 102 valence electrons. The largest absolute Gasteiger partial charge is 0.485 e. The van der Waals surface area contributed by atoms with Crippen molar-refractivity contribution in [3.8, 4) is 5.75 Å². The van der Waals surface area contributed by atoms with E-state index in [1.165, 1.54) is 12.1 Å². The van der Waals surface area contributed by atoms with Crippen LogP contribution in [-0.2, 0) is 11.2 Å². The van der Waals surface area contributed by atoms with Gasteiger partial charge in [0.15, 0.2) is 17.4 Å². The SMILES string of the molecule is CC(C)OCCOc1c(F)cc(CCN)cc1F. The molecule has 1 aromatic carbocycles. The van der Waals surface area contributed by atoms with Gasteiger partial charge in [-0.2, -0.15) is 0 Å². The zero-order valence-corrected chi connectivity index (χ0v) is 10.7. The molecule has 0 saturated carbocycles. The second-order valence-corrected chi connectivity index (χ2v) is 4.20. The molecule has 0 fully saturated rings. The van der Waals surface area contributed by atoms with Crippen LogP contribution in [0.3, 0.4) is 0 Å². The zero-order valence-electron chi connectivity index (χ0n) is 10.7. The van der Waals surface area contributed by atoms with Crippen molar-refractivity contribution in [3.05, 3.63) is 29.3 Å². The van der Waals surface area contributed by atoms with Crippen molar-refractivity contribution in [2.24, 2.45) is 5.73 Å². The lowest BCUT2D eigenvalue weighted by Crippen LogP contribution is -2.13. The van der Waals surface area contributed by atoms with Crippen LogP contribution in [0.4, 0.5) is 8.78 Å². The van der Waals surface area contributed by atoms with E-state index in [2.05, 4.69) is 0 Å². The van der Waals surface area contributed by atoms with Crippen molar-refractivity contribution in [3.63, 3.8) is 0 Å². The third-order valence-corrected chi connectivity index (χ3v) is 2.27. The van der Waals surface area contributed by atoms with Gasteiger partial charge < -0.3 is 15.2 Å². The summed E-state index contributed by atoms with van der Waals surface area (Å²) < 4.78 is 37.4. The molecule has 0 heterocycles. The minimum atomic E-state index is -0.706. The topological polar surface area (TPSA) is 44.5 Å². The van der Waals surface area contributed by atoms with Crippen molar-refractivity contribution in [2.45, 2.75) is 26.4 Å². The molecular weight excluding hydrogens is 240 g/mol. The molecule has 2 N–H and O–H groups in total. The minimum Gasteiger partial charge on any atom is -0.485 e. The molecule has 0 aliphatic carbocycles. The van der Waals surface area contributed by atoms with Gasteiger partial charge in [-0.1, -0.05) is 0 Å². The van der Waals surface area contributed by atoms with Gasteiger partial charge in [0.05, 0.1) is 12.7 Å². The van der Waals surface area contributed by atoms with Gasteiger partial charge in [-0.25, -0.2) is 8.78 Å². The molecule has 0 radical (unpaired) electrons. The number of hydrogen-bond donors (Lipinski definition) is 1. The second-order valence-electron chi connectivity index (χ2n) is 4.20. The molecule has 18 heavy (non-hydrogen) atoms. The van der Waals surface area contributed by atoms with Crippen LogP contribution in [0.15, 0.2) is 12.1 Å². The van der Waals surface area contributed by atoms with Gasteiger partial charge in [0.25, 0.3) is 0 Å². The molecule has 0 spiro atoms. The predicted molar refractivity (Wildman–Crippen MR) is 65.7 cm³/mol. The summed E-state index contributed by atoms with van der Waals surface area (Å²) in [5.41, 5.74) is 5.86. The standard InChI is InChI=1S/C13H19F2NO2/c1-9(2)17-5-6-18-13-11(14)7-10(3-4-16)8-12(13)15/h7-9H,3-6,16H2,1-2H3. The van der Waals surface area contributed by atoms with E-state index in [-0.39, 0.29) is 18.5 Å². The monoisotopic (exact) mass is 259 g/mol. The van der Waals surface area contributed by atoms with Crippen LogP contribution in [0.2, 0.25) is 0 Å². The summed E-state index contributed by atoms with van der Waals surface area (Å²) in [6.07, 6.45) is 0.500. The third kappa shape index (κ3) is 4.58. The Kier molecular flexibility index (Phi) is 6.01. The Balaban J connectivity index is 2.60. The molecule has 1 rings (SSSR count). The lowest BCUT2D eigenvalue weighted by atomic mass is 10.1. The van der Waals surface area contributed by atoms with E-state index >= 15 is 0 Å². The maximum absolute atomic E-state index is 13.6. The second kappa shape index (κ2) is 7.28. The summed E-state index contributed by atoms with van der Waals surface area (Å²) in [7, 11) is 0. The molecule has 0 atom stereocenters. The highest BCUT2D eigenvalue weighted by Gasteiger charge is 2.12. The van der Waals surface area contributed by atoms with Crippen molar-refractivity contribution < 1.29 is 18.3 Å². The number of ether oxygens (including phenoxy) is 2. The number of benzene rings is 1. The fourth-order valence-corrected chi connectivity index (χ4v) is 1.49. The van der Waals surface area contributed by atoms with Gasteiger partial charge >= 0.3 is 0 Å². The molecule has 0 aromatic heterocycles. The smallest absolute Gasteiger partial charge is 0.190 e. The van der Waals surface area contributed by atoms with Gasteiger partial charge in [-0.3, -0.25) is 0 Å². The first-order valence-corrected chi connectivity index (χ1v) is 5.97. The Bertz CT molecular complexity index is 360. The Labute approximate surface area is 106 Å². The third-order valence-electron chi connectivity index (χ3n) is 2.27. The molecule has 0 amide bonds. The summed E-state index contributed by atoms with van der Waals surface area (Å²) in [4.78, 5) is 0. The highest BCUT2D eigenvalue weighted by molar-refractivity contribution is 5.31. The van der Waals surface area contributed by atoms with Gasteiger partial charge in [0.2, 0.25) is 0 Å². The number of rotatable bonds is 7. The zero-order chi connectivity index (χ0) is 13.5. The molecule has 1 aromatic rings. The predicted octanol–water partition coefficient (Wildman–Crippen LogP) is 2.27. The quantitative estimate of drug-likeness (QED) is 0.764. The number of nitrogens with two attached hydrogens (primary N) is 1. The Hall–Kier alpha value is -1.20. The van der Waals surface area contributed by atoms with E-state index in [1.807, 2.05) is 13.8 Å². The van der Waals surface area contributed by atoms with E-state index in [0.717, 1.165) is 0 Å². The maximum atomic E-state index is 13.6. The summed E-state index contributed by atoms with van der Waals surface area (Å²) in [5.74, 6) is -1.77. The van der Waals surface area contributed by atoms with Gasteiger partial charge in [0, 0.05) is 0 Å². The van der Waals surface area contributed by atoms with E-state index < -0.39 is 11.6 Å². The molecule has 0 aliphatic heterocycles. The summed E-state index contributed by atoms with van der Waals surface area (Å²) >= 11 is 0. The number of halogens is 2.